The number of pyridine rings is 1. The molecule has 1 atom stereocenters. The van der Waals surface area contributed by atoms with Gasteiger partial charge in [-0.1, -0.05) is 6.92 Å². The number of nitrogens with one attached hydrogen (secondary N) is 1. The molecule has 0 spiro atoms. The lowest BCUT2D eigenvalue weighted by Gasteiger charge is -2.12. The predicted octanol–water partition coefficient (Wildman–Crippen LogP) is 2.22. The van der Waals surface area contributed by atoms with Gasteiger partial charge in [0, 0.05) is 22.8 Å². The van der Waals surface area contributed by atoms with Gasteiger partial charge in [0.2, 0.25) is 5.88 Å². The first-order valence-electron chi connectivity index (χ1n) is 4.70. The van der Waals surface area contributed by atoms with Crippen molar-refractivity contribution < 1.29 is 4.74 Å². The van der Waals surface area contributed by atoms with Gasteiger partial charge in [0.1, 0.15) is 6.61 Å². The number of aromatic nitrogens is 1. The summed E-state index contributed by atoms with van der Waals surface area (Å²) < 4.78 is 6.44. The maximum absolute atomic E-state index is 5.48. The van der Waals surface area contributed by atoms with Crippen LogP contribution in [0.3, 0.4) is 0 Å². The molecule has 0 aromatic carbocycles. The smallest absolute Gasteiger partial charge is 0.213 e. The van der Waals surface area contributed by atoms with Crippen molar-refractivity contribution in [1.29, 1.82) is 0 Å². The Morgan fingerprint density at radius 3 is 2.93 bits per heavy atom. The normalized spacial score (nSPS) is 12.5. The monoisotopic (exact) mass is 258 g/mol. The number of ether oxygens (including phenoxy) is 1. The lowest BCUT2D eigenvalue weighted by atomic mass is 10.3. The molecule has 0 aliphatic heterocycles. The Kier molecular flexibility index (Phi) is 4.90. The third-order valence-corrected chi connectivity index (χ3v) is 2.20. The average molecular weight is 259 g/mol. The number of hydrogen-bond donors (Lipinski definition) is 1. The second-order valence-corrected chi connectivity index (χ2v) is 4.00. The zero-order valence-electron chi connectivity index (χ0n) is 8.46. The van der Waals surface area contributed by atoms with Gasteiger partial charge >= 0.3 is 0 Å². The van der Waals surface area contributed by atoms with Gasteiger partial charge in [-0.05, 0) is 35.5 Å². The molecule has 0 unspecified atom stereocenters. The van der Waals surface area contributed by atoms with Crippen LogP contribution in [0, 0.1) is 0 Å². The minimum Gasteiger partial charge on any atom is -0.476 e. The van der Waals surface area contributed by atoms with E-state index in [0.29, 0.717) is 18.5 Å². The maximum atomic E-state index is 5.48. The topological polar surface area (TPSA) is 34.1 Å². The molecule has 0 saturated carbocycles. The Morgan fingerprint density at radius 1 is 1.57 bits per heavy atom. The molecule has 1 aromatic heterocycles. The minimum absolute atomic E-state index is 0.352. The van der Waals surface area contributed by atoms with E-state index in [0.717, 1.165) is 11.0 Å². The van der Waals surface area contributed by atoms with Crippen LogP contribution in [0.2, 0.25) is 0 Å². The molecule has 0 aliphatic rings. The van der Waals surface area contributed by atoms with Gasteiger partial charge in [-0.25, -0.2) is 4.98 Å². The molecular formula is C10H15BrN2O. The fraction of sp³-hybridized carbons (Fsp3) is 0.500. The van der Waals surface area contributed by atoms with Gasteiger partial charge in [-0.2, -0.15) is 0 Å². The minimum atomic E-state index is 0.352. The number of rotatable bonds is 5. The largest absolute Gasteiger partial charge is 0.476 e. The summed E-state index contributed by atoms with van der Waals surface area (Å²) in [5.41, 5.74) is 0. The van der Waals surface area contributed by atoms with Gasteiger partial charge in [-0.15, -0.1) is 0 Å². The molecule has 0 fully saturated rings. The Labute approximate surface area is 93.0 Å². The fourth-order valence-electron chi connectivity index (χ4n) is 1.07. The van der Waals surface area contributed by atoms with Crippen LogP contribution < -0.4 is 10.1 Å². The SMILES string of the molecule is CCN[C@@H](C)COc1ccc(Br)cn1. The summed E-state index contributed by atoms with van der Waals surface area (Å²) in [6.45, 7) is 5.76. The van der Waals surface area contributed by atoms with Crippen molar-refractivity contribution in [2.45, 2.75) is 19.9 Å². The second kappa shape index (κ2) is 5.98. The molecule has 0 bridgehead atoms. The van der Waals surface area contributed by atoms with Crippen LogP contribution >= 0.6 is 15.9 Å². The zero-order valence-corrected chi connectivity index (χ0v) is 10.0. The van der Waals surface area contributed by atoms with Crippen molar-refractivity contribution in [3.8, 4) is 5.88 Å². The molecular weight excluding hydrogens is 244 g/mol. The van der Waals surface area contributed by atoms with Crippen molar-refractivity contribution in [2.75, 3.05) is 13.2 Å². The lowest BCUT2D eigenvalue weighted by molar-refractivity contribution is 0.266. The fourth-order valence-corrected chi connectivity index (χ4v) is 1.30. The van der Waals surface area contributed by atoms with Gasteiger partial charge < -0.3 is 10.1 Å². The molecule has 0 amide bonds. The molecule has 1 N–H and O–H groups in total. The van der Waals surface area contributed by atoms with Crippen molar-refractivity contribution in [3.63, 3.8) is 0 Å². The van der Waals surface area contributed by atoms with E-state index in [9.17, 15) is 0 Å². The summed E-state index contributed by atoms with van der Waals surface area (Å²) >= 11 is 3.32. The van der Waals surface area contributed by atoms with Crippen molar-refractivity contribution in [2.24, 2.45) is 0 Å². The molecule has 0 radical (unpaired) electrons. The Morgan fingerprint density at radius 2 is 2.36 bits per heavy atom. The van der Waals surface area contributed by atoms with E-state index in [1.165, 1.54) is 0 Å². The van der Waals surface area contributed by atoms with Crippen LogP contribution in [0.1, 0.15) is 13.8 Å². The average Bonchev–Trinajstić information content (AvgIpc) is 2.17. The predicted molar refractivity (Wildman–Crippen MR) is 60.6 cm³/mol. The summed E-state index contributed by atoms with van der Waals surface area (Å²) in [5.74, 6) is 0.665. The van der Waals surface area contributed by atoms with Crippen LogP contribution in [-0.4, -0.2) is 24.2 Å². The van der Waals surface area contributed by atoms with Gasteiger partial charge in [0.15, 0.2) is 0 Å². The lowest BCUT2D eigenvalue weighted by Crippen LogP contribution is -2.31. The molecule has 0 aliphatic carbocycles. The van der Waals surface area contributed by atoms with Crippen LogP contribution in [0.25, 0.3) is 0 Å². The highest BCUT2D eigenvalue weighted by Crippen LogP contribution is 2.12. The summed E-state index contributed by atoms with van der Waals surface area (Å²) in [7, 11) is 0. The second-order valence-electron chi connectivity index (χ2n) is 3.08. The molecule has 3 nitrogen and oxygen atoms in total. The van der Waals surface area contributed by atoms with E-state index in [-0.39, 0.29) is 0 Å². The number of nitrogens with zero attached hydrogens (tertiary/aromatic N) is 1. The maximum Gasteiger partial charge on any atom is 0.213 e. The Bertz CT molecular complexity index is 263. The Hall–Kier alpha value is -0.610. The zero-order chi connectivity index (χ0) is 10.4. The van der Waals surface area contributed by atoms with Crippen molar-refractivity contribution in [1.82, 2.24) is 10.3 Å². The molecule has 4 heteroatoms. The third-order valence-electron chi connectivity index (χ3n) is 1.73. The van der Waals surface area contributed by atoms with Crippen LogP contribution in [0.4, 0.5) is 0 Å². The molecule has 0 saturated heterocycles. The molecule has 1 heterocycles. The Balaban J connectivity index is 2.34. The third kappa shape index (κ3) is 4.07. The quantitative estimate of drug-likeness (QED) is 0.880. The standard InChI is InChI=1S/C10H15BrN2O/c1-3-12-8(2)7-14-10-5-4-9(11)6-13-10/h4-6,8,12H,3,7H2,1-2H3/t8-/m0/s1. The van der Waals surface area contributed by atoms with E-state index in [4.69, 9.17) is 4.74 Å². The van der Waals surface area contributed by atoms with E-state index in [1.54, 1.807) is 6.20 Å². The summed E-state index contributed by atoms with van der Waals surface area (Å²) in [4.78, 5) is 4.11. The number of likely N-dealkylation sites (N-methyl/N-ethyl adjacent to an activating group) is 1. The number of hydrogen-bond acceptors (Lipinski definition) is 3. The van der Waals surface area contributed by atoms with Crippen molar-refractivity contribution in [3.05, 3.63) is 22.8 Å². The summed E-state index contributed by atoms with van der Waals surface area (Å²) in [5, 5.41) is 3.27. The first kappa shape index (κ1) is 11.5. The highest BCUT2D eigenvalue weighted by atomic mass is 79.9. The van der Waals surface area contributed by atoms with Crippen LogP contribution in [0.5, 0.6) is 5.88 Å². The molecule has 1 rings (SSSR count). The van der Waals surface area contributed by atoms with Crippen LogP contribution in [-0.2, 0) is 0 Å². The highest BCUT2D eigenvalue weighted by Gasteiger charge is 2.01. The van der Waals surface area contributed by atoms with E-state index >= 15 is 0 Å². The van der Waals surface area contributed by atoms with E-state index in [1.807, 2.05) is 12.1 Å². The van der Waals surface area contributed by atoms with E-state index < -0.39 is 0 Å². The number of halogens is 1. The highest BCUT2D eigenvalue weighted by molar-refractivity contribution is 9.10. The summed E-state index contributed by atoms with van der Waals surface area (Å²) in [6, 6.07) is 4.12. The van der Waals surface area contributed by atoms with Gasteiger partial charge in [0.05, 0.1) is 0 Å². The van der Waals surface area contributed by atoms with Crippen LogP contribution in [0.15, 0.2) is 22.8 Å². The first-order valence-corrected chi connectivity index (χ1v) is 5.49. The van der Waals surface area contributed by atoms with Gasteiger partial charge in [-0.3, -0.25) is 0 Å². The summed E-state index contributed by atoms with van der Waals surface area (Å²) in [6.07, 6.45) is 1.73. The van der Waals surface area contributed by atoms with E-state index in [2.05, 4.69) is 40.1 Å². The molecule has 1 aromatic rings. The van der Waals surface area contributed by atoms with Crippen molar-refractivity contribution >= 4 is 15.9 Å². The molecule has 14 heavy (non-hydrogen) atoms. The van der Waals surface area contributed by atoms with Gasteiger partial charge in [0.25, 0.3) is 0 Å². The molecule has 78 valence electrons. The first-order chi connectivity index (χ1) is 6.72.